The standard InChI is InChI=1S/C10H17N3/c1-9(13(3)12-11-2)10-7-5-4-6-8-10/h4-9,11-12H,1-3H3. The molecule has 0 aliphatic heterocycles. The van der Waals surface area contributed by atoms with Crippen LogP contribution in [0.5, 0.6) is 0 Å². The van der Waals surface area contributed by atoms with Crippen LogP contribution in [0, 0.1) is 0 Å². The van der Waals surface area contributed by atoms with Gasteiger partial charge in [0, 0.05) is 13.1 Å². The van der Waals surface area contributed by atoms with E-state index < -0.39 is 0 Å². The number of hydrazine groups is 2. The monoisotopic (exact) mass is 179 g/mol. The highest BCUT2D eigenvalue weighted by Gasteiger charge is 2.08. The lowest BCUT2D eigenvalue weighted by molar-refractivity contribution is 0.149. The number of benzene rings is 1. The Balaban J connectivity index is 2.62. The van der Waals surface area contributed by atoms with Crippen LogP contribution in [0.2, 0.25) is 0 Å². The highest BCUT2D eigenvalue weighted by molar-refractivity contribution is 5.17. The maximum absolute atomic E-state index is 3.03. The van der Waals surface area contributed by atoms with Gasteiger partial charge in [0.1, 0.15) is 0 Å². The summed E-state index contributed by atoms with van der Waals surface area (Å²) in [6, 6.07) is 10.7. The Morgan fingerprint density at radius 1 is 1.23 bits per heavy atom. The molecule has 3 heteroatoms. The molecule has 0 aliphatic rings. The molecular formula is C10H17N3. The molecule has 1 rings (SSSR count). The van der Waals surface area contributed by atoms with Crippen molar-refractivity contribution in [3.63, 3.8) is 0 Å². The van der Waals surface area contributed by atoms with Gasteiger partial charge in [-0.05, 0) is 19.5 Å². The summed E-state index contributed by atoms with van der Waals surface area (Å²) in [6.45, 7) is 2.15. The predicted octanol–water partition coefficient (Wildman–Crippen LogP) is 1.32. The molecule has 0 saturated heterocycles. The van der Waals surface area contributed by atoms with E-state index in [1.165, 1.54) is 5.56 Å². The van der Waals surface area contributed by atoms with Crippen LogP contribution in [0.1, 0.15) is 18.5 Å². The molecule has 0 aliphatic carbocycles. The van der Waals surface area contributed by atoms with E-state index >= 15 is 0 Å². The Morgan fingerprint density at radius 2 is 1.85 bits per heavy atom. The van der Waals surface area contributed by atoms with Gasteiger partial charge in [-0.1, -0.05) is 30.3 Å². The quantitative estimate of drug-likeness (QED) is 0.683. The zero-order valence-corrected chi connectivity index (χ0v) is 8.41. The van der Waals surface area contributed by atoms with Crippen molar-refractivity contribution in [2.45, 2.75) is 13.0 Å². The summed E-state index contributed by atoms with van der Waals surface area (Å²) in [5.41, 5.74) is 7.22. The van der Waals surface area contributed by atoms with Gasteiger partial charge in [0.25, 0.3) is 0 Å². The lowest BCUT2D eigenvalue weighted by atomic mass is 10.1. The van der Waals surface area contributed by atoms with E-state index in [9.17, 15) is 0 Å². The minimum atomic E-state index is 0.355. The molecule has 0 bridgehead atoms. The Hall–Kier alpha value is -0.900. The maximum atomic E-state index is 3.03. The van der Waals surface area contributed by atoms with Crippen LogP contribution in [0.25, 0.3) is 0 Å². The second kappa shape index (κ2) is 4.97. The maximum Gasteiger partial charge on any atom is 0.0474 e. The minimum Gasteiger partial charge on any atom is -0.247 e. The number of rotatable bonds is 4. The summed E-state index contributed by atoms with van der Waals surface area (Å²) in [4.78, 5) is 0. The van der Waals surface area contributed by atoms with Crippen molar-refractivity contribution in [3.05, 3.63) is 35.9 Å². The van der Waals surface area contributed by atoms with Gasteiger partial charge in [0.05, 0.1) is 0 Å². The second-order valence-corrected chi connectivity index (χ2v) is 3.06. The van der Waals surface area contributed by atoms with E-state index in [-0.39, 0.29) is 0 Å². The largest absolute Gasteiger partial charge is 0.247 e. The number of hydrogen-bond acceptors (Lipinski definition) is 3. The van der Waals surface area contributed by atoms with Crippen LogP contribution in [-0.2, 0) is 0 Å². The van der Waals surface area contributed by atoms with Gasteiger partial charge in [0.2, 0.25) is 0 Å². The van der Waals surface area contributed by atoms with Crippen LogP contribution in [0.4, 0.5) is 0 Å². The highest BCUT2D eigenvalue weighted by Crippen LogP contribution is 2.15. The third kappa shape index (κ3) is 2.81. The van der Waals surface area contributed by atoms with Gasteiger partial charge in [-0.15, -0.1) is 0 Å². The summed E-state index contributed by atoms with van der Waals surface area (Å²) in [5.74, 6) is 0. The molecule has 0 heterocycles. The molecule has 0 radical (unpaired) electrons. The molecule has 72 valence electrons. The summed E-state index contributed by atoms with van der Waals surface area (Å²) in [6.07, 6.45) is 0. The third-order valence-electron chi connectivity index (χ3n) is 2.15. The normalized spacial score (nSPS) is 13.2. The van der Waals surface area contributed by atoms with Gasteiger partial charge in [0.15, 0.2) is 0 Å². The summed E-state index contributed by atoms with van der Waals surface area (Å²) in [5, 5.41) is 2.02. The minimum absolute atomic E-state index is 0.355. The lowest BCUT2D eigenvalue weighted by Gasteiger charge is -2.24. The first kappa shape index (κ1) is 10.2. The highest BCUT2D eigenvalue weighted by atomic mass is 15.7. The van der Waals surface area contributed by atoms with Crippen LogP contribution in [0.15, 0.2) is 30.3 Å². The number of nitrogens with one attached hydrogen (secondary N) is 2. The molecule has 1 atom stereocenters. The Morgan fingerprint density at radius 3 is 2.38 bits per heavy atom. The van der Waals surface area contributed by atoms with Gasteiger partial charge in [-0.25, -0.2) is 10.4 Å². The molecule has 0 saturated carbocycles. The first-order valence-corrected chi connectivity index (χ1v) is 4.46. The molecule has 1 aromatic rings. The fourth-order valence-electron chi connectivity index (χ4n) is 1.23. The number of nitrogens with zero attached hydrogens (tertiary/aromatic N) is 1. The van der Waals surface area contributed by atoms with Crippen molar-refractivity contribution in [1.82, 2.24) is 16.0 Å². The first-order valence-electron chi connectivity index (χ1n) is 4.46. The van der Waals surface area contributed by atoms with Gasteiger partial charge < -0.3 is 0 Å². The van der Waals surface area contributed by atoms with Gasteiger partial charge in [-0.2, -0.15) is 5.53 Å². The molecule has 1 unspecified atom stereocenters. The van der Waals surface area contributed by atoms with Crippen LogP contribution in [0.3, 0.4) is 0 Å². The van der Waals surface area contributed by atoms with Crippen LogP contribution >= 0.6 is 0 Å². The fraction of sp³-hybridized carbons (Fsp3) is 0.400. The number of hydrogen-bond donors (Lipinski definition) is 2. The average molecular weight is 179 g/mol. The molecular weight excluding hydrogens is 162 g/mol. The van der Waals surface area contributed by atoms with Crippen molar-refractivity contribution in [2.24, 2.45) is 0 Å². The van der Waals surface area contributed by atoms with E-state index in [2.05, 4.69) is 42.1 Å². The smallest absolute Gasteiger partial charge is 0.0474 e. The Labute approximate surface area is 79.7 Å². The van der Waals surface area contributed by atoms with E-state index in [4.69, 9.17) is 0 Å². The van der Waals surface area contributed by atoms with Gasteiger partial charge in [-0.3, -0.25) is 0 Å². The van der Waals surface area contributed by atoms with Crippen molar-refractivity contribution in [1.29, 1.82) is 0 Å². The zero-order valence-electron chi connectivity index (χ0n) is 8.41. The molecule has 0 amide bonds. The molecule has 1 aromatic carbocycles. The van der Waals surface area contributed by atoms with E-state index in [1.54, 1.807) is 0 Å². The zero-order chi connectivity index (χ0) is 9.68. The molecule has 2 N–H and O–H groups in total. The summed E-state index contributed by atoms with van der Waals surface area (Å²) in [7, 11) is 3.86. The third-order valence-corrected chi connectivity index (χ3v) is 2.15. The van der Waals surface area contributed by atoms with Gasteiger partial charge >= 0.3 is 0 Å². The topological polar surface area (TPSA) is 27.3 Å². The molecule has 0 fully saturated rings. The predicted molar refractivity (Wildman–Crippen MR) is 54.8 cm³/mol. The average Bonchev–Trinajstić information content (AvgIpc) is 2.18. The molecule has 3 nitrogen and oxygen atoms in total. The second-order valence-electron chi connectivity index (χ2n) is 3.06. The SMILES string of the molecule is CNNN(C)C(C)c1ccccc1. The molecule has 13 heavy (non-hydrogen) atoms. The first-order chi connectivity index (χ1) is 6.25. The van der Waals surface area contributed by atoms with E-state index in [0.717, 1.165) is 0 Å². The summed E-state index contributed by atoms with van der Waals surface area (Å²) >= 11 is 0. The van der Waals surface area contributed by atoms with E-state index in [0.29, 0.717) is 6.04 Å². The molecule has 0 spiro atoms. The molecule has 0 aromatic heterocycles. The fourth-order valence-corrected chi connectivity index (χ4v) is 1.23. The van der Waals surface area contributed by atoms with Crippen molar-refractivity contribution in [3.8, 4) is 0 Å². The Kier molecular flexibility index (Phi) is 3.89. The van der Waals surface area contributed by atoms with E-state index in [1.807, 2.05) is 25.2 Å². The lowest BCUT2D eigenvalue weighted by Crippen LogP contribution is -2.43. The van der Waals surface area contributed by atoms with Crippen LogP contribution in [-0.4, -0.2) is 19.1 Å². The van der Waals surface area contributed by atoms with Crippen molar-refractivity contribution >= 4 is 0 Å². The van der Waals surface area contributed by atoms with Crippen molar-refractivity contribution in [2.75, 3.05) is 14.1 Å². The van der Waals surface area contributed by atoms with Crippen molar-refractivity contribution < 1.29 is 0 Å². The Bertz CT molecular complexity index is 235. The van der Waals surface area contributed by atoms with Crippen LogP contribution < -0.4 is 11.0 Å². The summed E-state index contributed by atoms with van der Waals surface area (Å²) < 4.78 is 0.